The minimum absolute atomic E-state index is 0.174. The Bertz CT molecular complexity index is 1340. The molecule has 2 amide bonds. The maximum Gasteiger partial charge on any atom is 0.276 e. The number of carbonyl (C=O) groups excluding carboxylic acids is 4. The summed E-state index contributed by atoms with van der Waals surface area (Å²) >= 11 is 4.83. The van der Waals surface area contributed by atoms with Crippen LogP contribution in [0, 0.1) is 6.92 Å². The zero-order valence-electron chi connectivity index (χ0n) is 19.2. The highest BCUT2D eigenvalue weighted by Crippen LogP contribution is 2.41. The summed E-state index contributed by atoms with van der Waals surface area (Å²) in [6, 6.07) is -0.993. The molecule has 0 spiro atoms. The number of aryl methyl sites for hydroxylation is 1. The second-order valence-electron chi connectivity index (χ2n) is 7.62. The average Bonchev–Trinajstić information content (AvgIpc) is 3.42. The number of aromatic nitrogens is 2. The smallest absolute Gasteiger partial charge is 0.276 e. The summed E-state index contributed by atoms with van der Waals surface area (Å²) in [6.45, 7) is 1.69. The SMILES string of the molecule is CON=C(C(=O)N[C@@H]1C(=O)N2C(C(=O)[O-])=C(CSc3nc(C)c(CC(=O)[O-])s3)CS[C@H]12)c1csc(N)n1. The van der Waals surface area contributed by atoms with Crippen LogP contribution >= 0.6 is 46.2 Å². The summed E-state index contributed by atoms with van der Waals surface area (Å²) in [5, 5.41) is 30.2. The lowest BCUT2D eigenvalue weighted by Gasteiger charge is -2.50. The molecule has 17 heteroatoms. The molecule has 196 valence electrons. The van der Waals surface area contributed by atoms with Gasteiger partial charge in [0, 0.05) is 34.2 Å². The van der Waals surface area contributed by atoms with E-state index in [1.165, 1.54) is 47.4 Å². The van der Waals surface area contributed by atoms with Crippen molar-refractivity contribution < 1.29 is 34.2 Å². The number of nitrogens with zero attached hydrogens (tertiary/aromatic N) is 4. The highest BCUT2D eigenvalue weighted by Gasteiger charge is 2.53. The molecule has 2 aliphatic rings. The normalized spacial score (nSPS) is 19.4. The van der Waals surface area contributed by atoms with Gasteiger partial charge in [0.1, 0.15) is 24.2 Å². The van der Waals surface area contributed by atoms with Gasteiger partial charge in [-0.25, -0.2) is 9.97 Å². The van der Waals surface area contributed by atoms with Crippen LogP contribution in [0.4, 0.5) is 5.13 Å². The van der Waals surface area contributed by atoms with Crippen molar-refractivity contribution in [1.82, 2.24) is 20.2 Å². The highest BCUT2D eigenvalue weighted by atomic mass is 32.2. The van der Waals surface area contributed by atoms with Gasteiger partial charge in [-0.15, -0.1) is 34.4 Å². The first-order valence-corrected chi connectivity index (χ1v) is 14.1. The maximum atomic E-state index is 12.9. The Morgan fingerprint density at radius 1 is 1.35 bits per heavy atom. The number of aliphatic carboxylic acids is 2. The van der Waals surface area contributed by atoms with Crippen LogP contribution in [0.25, 0.3) is 0 Å². The highest BCUT2D eigenvalue weighted by molar-refractivity contribution is 8.01. The Morgan fingerprint density at radius 2 is 2.11 bits per heavy atom. The Labute approximate surface area is 226 Å². The van der Waals surface area contributed by atoms with E-state index in [1.807, 2.05) is 0 Å². The Kier molecular flexibility index (Phi) is 8.05. The number of carbonyl (C=O) groups is 4. The van der Waals surface area contributed by atoms with Crippen molar-refractivity contribution in [3.05, 3.63) is 32.9 Å². The van der Waals surface area contributed by atoms with E-state index < -0.39 is 35.2 Å². The Hall–Kier alpha value is -3.15. The predicted molar refractivity (Wildman–Crippen MR) is 133 cm³/mol. The molecule has 0 aromatic carbocycles. The molecule has 2 aromatic heterocycles. The van der Waals surface area contributed by atoms with Gasteiger partial charge in [0.05, 0.1) is 17.4 Å². The second kappa shape index (κ2) is 11.1. The Morgan fingerprint density at radius 3 is 2.73 bits per heavy atom. The molecule has 2 atom stereocenters. The van der Waals surface area contributed by atoms with Gasteiger partial charge in [0.15, 0.2) is 15.2 Å². The van der Waals surface area contributed by atoms with Crippen LogP contribution in [0.15, 0.2) is 26.1 Å². The van der Waals surface area contributed by atoms with Gasteiger partial charge in [0.25, 0.3) is 11.8 Å². The quantitative estimate of drug-likeness (QED) is 0.140. The van der Waals surface area contributed by atoms with Crippen molar-refractivity contribution >= 4 is 80.8 Å². The third kappa shape index (κ3) is 5.58. The van der Waals surface area contributed by atoms with Crippen LogP contribution in [0.5, 0.6) is 0 Å². The van der Waals surface area contributed by atoms with Gasteiger partial charge in [-0.05, 0) is 12.5 Å². The monoisotopic (exact) mass is 582 g/mol. The third-order valence-corrected chi connectivity index (χ3v) is 9.64. The zero-order valence-corrected chi connectivity index (χ0v) is 22.5. The number of anilines is 1. The van der Waals surface area contributed by atoms with E-state index in [4.69, 9.17) is 10.6 Å². The molecule has 0 saturated carbocycles. The fourth-order valence-electron chi connectivity index (χ4n) is 3.59. The number of fused-ring (bicyclic) bond motifs is 1. The first kappa shape index (κ1) is 26.9. The summed E-state index contributed by atoms with van der Waals surface area (Å²) in [5.41, 5.74) is 6.41. The third-order valence-electron chi connectivity index (χ3n) is 5.24. The van der Waals surface area contributed by atoms with Crippen LogP contribution in [0.3, 0.4) is 0 Å². The van der Waals surface area contributed by atoms with Crippen molar-refractivity contribution in [3.8, 4) is 0 Å². The molecule has 4 rings (SSSR count). The van der Waals surface area contributed by atoms with E-state index in [0.717, 1.165) is 16.2 Å². The lowest BCUT2D eigenvalue weighted by molar-refractivity contribution is -0.305. The van der Waals surface area contributed by atoms with E-state index in [0.29, 0.717) is 20.5 Å². The van der Waals surface area contributed by atoms with Gasteiger partial charge in [-0.1, -0.05) is 16.9 Å². The minimum atomic E-state index is -1.51. The molecule has 3 N–H and O–H groups in total. The molecule has 4 heterocycles. The van der Waals surface area contributed by atoms with Crippen molar-refractivity contribution in [2.45, 2.75) is 29.1 Å². The molecular weight excluding hydrogens is 565 g/mol. The molecule has 13 nitrogen and oxygen atoms in total. The molecule has 1 saturated heterocycles. The van der Waals surface area contributed by atoms with Gasteiger partial charge in [0.2, 0.25) is 0 Å². The summed E-state index contributed by atoms with van der Waals surface area (Å²) in [5.74, 6) is -3.58. The number of thioether (sulfide) groups is 2. The molecule has 2 aliphatic heterocycles. The van der Waals surface area contributed by atoms with Crippen LogP contribution in [0.2, 0.25) is 0 Å². The lowest BCUT2D eigenvalue weighted by Crippen LogP contribution is -2.71. The number of carboxylic acid groups (broad SMARTS) is 2. The van der Waals surface area contributed by atoms with Gasteiger partial charge in [-0.3, -0.25) is 14.5 Å². The van der Waals surface area contributed by atoms with Gasteiger partial charge < -0.3 is 35.7 Å². The van der Waals surface area contributed by atoms with Crippen molar-refractivity contribution in [2.75, 3.05) is 24.3 Å². The van der Waals surface area contributed by atoms with E-state index in [-0.39, 0.29) is 40.2 Å². The number of β-lactam (4-membered cyclic amide) rings is 1. The maximum absolute atomic E-state index is 12.9. The molecule has 37 heavy (non-hydrogen) atoms. The molecule has 2 aromatic rings. The number of nitrogens with one attached hydrogen (secondary N) is 1. The van der Waals surface area contributed by atoms with E-state index in [1.54, 1.807) is 6.92 Å². The van der Waals surface area contributed by atoms with Crippen LogP contribution in [0.1, 0.15) is 16.3 Å². The average molecular weight is 583 g/mol. The minimum Gasteiger partial charge on any atom is -0.550 e. The molecule has 0 radical (unpaired) electrons. The summed E-state index contributed by atoms with van der Waals surface area (Å²) in [6.07, 6.45) is -0.253. The van der Waals surface area contributed by atoms with Crippen LogP contribution in [-0.4, -0.2) is 74.4 Å². The number of thiazole rings is 2. The molecular formula is C20H18N6O7S4-2. The van der Waals surface area contributed by atoms with E-state index in [2.05, 4.69) is 20.4 Å². The van der Waals surface area contributed by atoms with E-state index in [9.17, 15) is 29.4 Å². The number of hydrogen-bond acceptors (Lipinski definition) is 15. The predicted octanol–water partition coefficient (Wildman–Crippen LogP) is -1.67. The van der Waals surface area contributed by atoms with Gasteiger partial charge in [-0.2, -0.15) is 0 Å². The van der Waals surface area contributed by atoms with Gasteiger partial charge >= 0.3 is 0 Å². The molecule has 1 fully saturated rings. The van der Waals surface area contributed by atoms with Crippen LogP contribution < -0.4 is 21.3 Å². The summed E-state index contributed by atoms with van der Waals surface area (Å²) in [7, 11) is 1.25. The first-order chi connectivity index (χ1) is 17.6. The number of hydrogen-bond donors (Lipinski definition) is 2. The number of oxime groups is 1. The van der Waals surface area contributed by atoms with E-state index >= 15 is 0 Å². The summed E-state index contributed by atoms with van der Waals surface area (Å²) in [4.78, 5) is 63.4. The lowest BCUT2D eigenvalue weighted by atomic mass is 10.0. The first-order valence-electron chi connectivity index (χ1n) is 10.4. The summed E-state index contributed by atoms with van der Waals surface area (Å²) < 4.78 is 0.568. The fraction of sp³-hybridized carbons (Fsp3) is 0.350. The van der Waals surface area contributed by atoms with Crippen molar-refractivity contribution in [1.29, 1.82) is 0 Å². The molecule has 0 bridgehead atoms. The molecule has 0 unspecified atom stereocenters. The number of nitrogens with two attached hydrogens (primary N) is 1. The standard InChI is InChI=1S/C20H20N6O7S4/c1-7-10(3-11(27)28)37-20(22-7)36-5-8-4-34-17-13(16(30)26(17)14(8)18(31)32)24-15(29)12(25-33-2)9-6-35-19(21)23-9/h6,13,17H,3-5H2,1-2H3,(H2,21,23)(H,24,29)(H,27,28)(H,31,32)/p-2/t13-,17-/m1/s1. The number of nitrogen functional groups attached to an aromatic ring is 1. The van der Waals surface area contributed by atoms with Crippen molar-refractivity contribution in [3.63, 3.8) is 0 Å². The number of carboxylic acids is 2. The van der Waals surface area contributed by atoms with Crippen LogP contribution in [-0.2, 0) is 30.4 Å². The number of amides is 2. The zero-order chi connectivity index (χ0) is 26.9. The largest absolute Gasteiger partial charge is 0.550 e. The topological polar surface area (TPSA) is 203 Å². The fourth-order valence-corrected chi connectivity index (χ4v) is 7.84. The Balaban J connectivity index is 1.47. The van der Waals surface area contributed by atoms with Crippen molar-refractivity contribution in [2.24, 2.45) is 5.16 Å². The second-order valence-corrected chi connectivity index (χ2v) is 11.9. The number of rotatable bonds is 10. The molecule has 0 aliphatic carbocycles.